The maximum Gasteiger partial charge on any atom is 0.335 e. The van der Waals surface area contributed by atoms with Crippen LogP contribution in [0.4, 0.5) is 5.69 Å². The summed E-state index contributed by atoms with van der Waals surface area (Å²) in [5, 5.41) is 8.86. The smallest absolute Gasteiger partial charge is 0.335 e. The Kier molecular flexibility index (Phi) is 3.77. The van der Waals surface area contributed by atoms with Crippen molar-refractivity contribution in [1.29, 1.82) is 0 Å². The predicted octanol–water partition coefficient (Wildman–Crippen LogP) is 1.45. The standard InChI is InChI=1S/C12H16N2O4S/c1-9-8-10(12(15)16)4-5-11(9)13-19(17,18)14-6-2-3-7-14/h4-5,8,13H,2-3,6-7H2,1H3,(H,15,16). The number of carboxylic acids is 1. The van der Waals surface area contributed by atoms with Crippen molar-refractivity contribution in [3.8, 4) is 0 Å². The average molecular weight is 284 g/mol. The van der Waals surface area contributed by atoms with Gasteiger partial charge in [-0.1, -0.05) is 0 Å². The third-order valence-corrected chi connectivity index (χ3v) is 4.64. The first kappa shape index (κ1) is 13.8. The number of nitrogens with one attached hydrogen (secondary N) is 1. The number of anilines is 1. The van der Waals surface area contributed by atoms with Crippen molar-refractivity contribution in [1.82, 2.24) is 4.31 Å². The molecule has 0 spiro atoms. The van der Waals surface area contributed by atoms with E-state index in [2.05, 4.69) is 4.72 Å². The molecule has 0 atom stereocenters. The number of hydrogen-bond acceptors (Lipinski definition) is 3. The Labute approximate surface area is 112 Å². The molecule has 0 saturated carbocycles. The first-order valence-corrected chi connectivity index (χ1v) is 7.46. The van der Waals surface area contributed by atoms with Gasteiger partial charge in [0.2, 0.25) is 0 Å². The number of carboxylic acid groups (broad SMARTS) is 1. The summed E-state index contributed by atoms with van der Waals surface area (Å²) in [4.78, 5) is 10.8. The third kappa shape index (κ3) is 3.05. The lowest BCUT2D eigenvalue weighted by atomic mass is 10.1. The second-order valence-electron chi connectivity index (χ2n) is 4.55. The quantitative estimate of drug-likeness (QED) is 0.876. The van der Waals surface area contributed by atoms with Gasteiger partial charge in [0, 0.05) is 13.1 Å². The molecule has 0 bridgehead atoms. The molecule has 6 nitrogen and oxygen atoms in total. The monoisotopic (exact) mass is 284 g/mol. The van der Waals surface area contributed by atoms with E-state index in [1.165, 1.54) is 22.5 Å². The molecule has 1 aliphatic heterocycles. The summed E-state index contributed by atoms with van der Waals surface area (Å²) < 4.78 is 28.0. The molecule has 0 radical (unpaired) electrons. The van der Waals surface area contributed by atoms with Crippen LogP contribution in [-0.4, -0.2) is 36.9 Å². The van der Waals surface area contributed by atoms with Gasteiger partial charge in [-0.3, -0.25) is 4.72 Å². The zero-order valence-electron chi connectivity index (χ0n) is 10.6. The molecule has 1 heterocycles. The minimum atomic E-state index is -3.53. The van der Waals surface area contributed by atoms with Crippen LogP contribution in [0, 0.1) is 6.92 Å². The number of carbonyl (C=O) groups is 1. The van der Waals surface area contributed by atoms with Gasteiger partial charge in [0.05, 0.1) is 11.3 Å². The Morgan fingerprint density at radius 3 is 2.47 bits per heavy atom. The van der Waals surface area contributed by atoms with Crippen molar-refractivity contribution < 1.29 is 18.3 Å². The van der Waals surface area contributed by atoms with E-state index in [4.69, 9.17) is 5.11 Å². The Morgan fingerprint density at radius 1 is 1.32 bits per heavy atom. The number of aromatic carboxylic acids is 1. The van der Waals surface area contributed by atoms with Crippen LogP contribution in [0.25, 0.3) is 0 Å². The van der Waals surface area contributed by atoms with Crippen LogP contribution >= 0.6 is 0 Å². The lowest BCUT2D eigenvalue weighted by Gasteiger charge is -2.18. The van der Waals surface area contributed by atoms with E-state index in [1.54, 1.807) is 6.92 Å². The molecule has 2 rings (SSSR count). The van der Waals surface area contributed by atoms with Crippen molar-refractivity contribution >= 4 is 21.9 Å². The minimum absolute atomic E-state index is 0.140. The summed E-state index contributed by atoms with van der Waals surface area (Å²) in [5.41, 5.74) is 1.14. The molecule has 19 heavy (non-hydrogen) atoms. The minimum Gasteiger partial charge on any atom is -0.478 e. The largest absolute Gasteiger partial charge is 0.478 e. The molecule has 1 aromatic carbocycles. The van der Waals surface area contributed by atoms with Gasteiger partial charge in [-0.2, -0.15) is 12.7 Å². The Bertz CT molecular complexity index is 592. The molecule has 1 aromatic rings. The highest BCUT2D eigenvalue weighted by atomic mass is 32.2. The Balaban J connectivity index is 2.21. The van der Waals surface area contributed by atoms with E-state index >= 15 is 0 Å². The molecule has 0 unspecified atom stereocenters. The molecule has 1 saturated heterocycles. The molecule has 1 aliphatic rings. The second-order valence-corrected chi connectivity index (χ2v) is 6.22. The fraction of sp³-hybridized carbons (Fsp3) is 0.417. The number of aryl methyl sites for hydroxylation is 1. The molecule has 0 aliphatic carbocycles. The van der Waals surface area contributed by atoms with Gasteiger partial charge in [0.15, 0.2) is 0 Å². The zero-order valence-corrected chi connectivity index (χ0v) is 11.4. The van der Waals surface area contributed by atoms with Crippen molar-refractivity contribution in [2.45, 2.75) is 19.8 Å². The number of hydrogen-bond donors (Lipinski definition) is 2. The van der Waals surface area contributed by atoms with Gasteiger partial charge >= 0.3 is 16.2 Å². The predicted molar refractivity (Wildman–Crippen MR) is 71.5 cm³/mol. The van der Waals surface area contributed by atoms with Crippen LogP contribution in [0.15, 0.2) is 18.2 Å². The van der Waals surface area contributed by atoms with Crippen LogP contribution in [0.1, 0.15) is 28.8 Å². The zero-order chi connectivity index (χ0) is 14.0. The topological polar surface area (TPSA) is 86.7 Å². The first-order chi connectivity index (χ1) is 8.90. The van der Waals surface area contributed by atoms with E-state index in [9.17, 15) is 13.2 Å². The van der Waals surface area contributed by atoms with E-state index < -0.39 is 16.2 Å². The molecule has 2 N–H and O–H groups in total. The van der Waals surface area contributed by atoms with Crippen molar-refractivity contribution in [3.05, 3.63) is 29.3 Å². The van der Waals surface area contributed by atoms with E-state index in [0.717, 1.165) is 12.8 Å². The molecular formula is C12H16N2O4S. The number of rotatable bonds is 4. The van der Waals surface area contributed by atoms with Gasteiger partial charge in [-0.15, -0.1) is 0 Å². The van der Waals surface area contributed by atoms with Gasteiger partial charge in [0.1, 0.15) is 0 Å². The van der Waals surface area contributed by atoms with Crippen LogP contribution in [0.5, 0.6) is 0 Å². The van der Waals surface area contributed by atoms with Gasteiger partial charge in [-0.05, 0) is 43.5 Å². The van der Waals surface area contributed by atoms with Crippen molar-refractivity contribution in [2.24, 2.45) is 0 Å². The van der Waals surface area contributed by atoms with Crippen LogP contribution < -0.4 is 4.72 Å². The van der Waals surface area contributed by atoms with Crippen molar-refractivity contribution in [2.75, 3.05) is 17.8 Å². The molecule has 7 heteroatoms. The van der Waals surface area contributed by atoms with Crippen LogP contribution in [-0.2, 0) is 10.2 Å². The Hall–Kier alpha value is -1.60. The molecular weight excluding hydrogens is 268 g/mol. The maximum atomic E-state index is 12.1. The lowest BCUT2D eigenvalue weighted by Crippen LogP contribution is -2.33. The summed E-state index contributed by atoms with van der Waals surface area (Å²) in [5.74, 6) is -1.03. The summed E-state index contributed by atoms with van der Waals surface area (Å²) in [6.07, 6.45) is 1.75. The lowest BCUT2D eigenvalue weighted by molar-refractivity contribution is 0.0697. The normalized spacial score (nSPS) is 16.5. The summed E-state index contributed by atoms with van der Waals surface area (Å²) in [7, 11) is -3.53. The summed E-state index contributed by atoms with van der Waals surface area (Å²) in [6.45, 7) is 2.73. The fourth-order valence-electron chi connectivity index (χ4n) is 2.04. The second kappa shape index (κ2) is 5.18. The number of nitrogens with zero attached hydrogens (tertiary/aromatic N) is 1. The van der Waals surface area contributed by atoms with Crippen molar-refractivity contribution in [3.63, 3.8) is 0 Å². The molecule has 1 fully saturated rings. The SMILES string of the molecule is Cc1cc(C(=O)O)ccc1NS(=O)(=O)N1CCCC1. The molecule has 104 valence electrons. The number of benzene rings is 1. The van der Waals surface area contributed by atoms with E-state index in [1.807, 2.05) is 0 Å². The highest BCUT2D eigenvalue weighted by molar-refractivity contribution is 7.90. The van der Waals surface area contributed by atoms with Crippen LogP contribution in [0.3, 0.4) is 0 Å². The maximum absolute atomic E-state index is 12.1. The van der Waals surface area contributed by atoms with Gasteiger partial charge < -0.3 is 5.11 Å². The average Bonchev–Trinajstić information content (AvgIpc) is 2.85. The Morgan fingerprint density at radius 2 is 1.95 bits per heavy atom. The summed E-state index contributed by atoms with van der Waals surface area (Å²) >= 11 is 0. The van der Waals surface area contributed by atoms with Gasteiger partial charge in [-0.25, -0.2) is 4.79 Å². The highest BCUT2D eigenvalue weighted by Gasteiger charge is 2.25. The molecule has 0 amide bonds. The summed E-state index contributed by atoms with van der Waals surface area (Å²) in [6, 6.07) is 4.31. The fourth-order valence-corrected chi connectivity index (χ4v) is 3.42. The highest BCUT2D eigenvalue weighted by Crippen LogP contribution is 2.21. The van der Waals surface area contributed by atoms with E-state index in [0.29, 0.717) is 24.3 Å². The van der Waals surface area contributed by atoms with E-state index in [-0.39, 0.29) is 5.56 Å². The van der Waals surface area contributed by atoms with Crippen LogP contribution in [0.2, 0.25) is 0 Å². The van der Waals surface area contributed by atoms with Gasteiger partial charge in [0.25, 0.3) is 0 Å². The molecule has 0 aromatic heterocycles. The third-order valence-electron chi connectivity index (χ3n) is 3.12. The first-order valence-electron chi connectivity index (χ1n) is 6.02.